The summed E-state index contributed by atoms with van der Waals surface area (Å²) >= 11 is 12.2. The third-order valence-electron chi connectivity index (χ3n) is 3.54. The van der Waals surface area contributed by atoms with E-state index >= 15 is 0 Å². The van der Waals surface area contributed by atoms with E-state index in [1.54, 1.807) is 12.4 Å². The molecule has 0 bridgehead atoms. The van der Waals surface area contributed by atoms with E-state index in [1.807, 2.05) is 37.5 Å². The number of nitrogens with one attached hydrogen (secondary N) is 2. The Morgan fingerprint density at radius 2 is 2.08 bits per heavy atom. The van der Waals surface area contributed by atoms with Crippen molar-refractivity contribution in [1.29, 1.82) is 0 Å². The number of aliphatic imine (C=N–C) groups is 1. The summed E-state index contributed by atoms with van der Waals surface area (Å²) in [6.07, 6.45) is 1.71. The predicted molar refractivity (Wildman–Crippen MR) is 114 cm³/mol. The minimum Gasteiger partial charge on any atom is -0.357 e. The van der Waals surface area contributed by atoms with Gasteiger partial charge in [0.25, 0.3) is 0 Å². The topological polar surface area (TPSA) is 67.1 Å². The summed E-state index contributed by atoms with van der Waals surface area (Å²) in [6, 6.07) is 5.47. The lowest BCUT2D eigenvalue weighted by Crippen LogP contribution is -2.38. The van der Waals surface area contributed by atoms with E-state index in [0.717, 1.165) is 24.5 Å². The molecule has 1 aromatic heterocycles. The molecule has 2 aromatic rings. The van der Waals surface area contributed by atoms with Gasteiger partial charge >= 0.3 is 0 Å². The summed E-state index contributed by atoms with van der Waals surface area (Å²) in [5.74, 6) is 1.52. The fourth-order valence-corrected chi connectivity index (χ4v) is 2.84. The van der Waals surface area contributed by atoms with Gasteiger partial charge in [-0.05, 0) is 38.5 Å². The zero-order valence-electron chi connectivity index (χ0n) is 14.5. The van der Waals surface area contributed by atoms with Crippen LogP contribution in [0, 0.1) is 0 Å². The molecule has 1 heterocycles. The number of aromatic nitrogens is 3. The zero-order chi connectivity index (χ0) is 17.5. The molecule has 1 atom stereocenters. The molecule has 9 heteroatoms. The number of hydrogen-bond acceptors (Lipinski definition) is 3. The van der Waals surface area contributed by atoms with Crippen LogP contribution in [0.5, 0.6) is 0 Å². The van der Waals surface area contributed by atoms with E-state index in [2.05, 4.69) is 25.8 Å². The fourth-order valence-electron chi connectivity index (χ4n) is 2.27. The number of benzene rings is 1. The SMILES string of the molecule is CCNC(=NCc1nncn1CC)NC(C)c1ccc(Cl)cc1Cl.I. The van der Waals surface area contributed by atoms with Gasteiger partial charge in [-0.25, -0.2) is 4.99 Å². The van der Waals surface area contributed by atoms with E-state index in [0.29, 0.717) is 22.5 Å². The summed E-state index contributed by atoms with van der Waals surface area (Å²) in [7, 11) is 0. The third-order valence-corrected chi connectivity index (χ3v) is 4.10. The minimum absolute atomic E-state index is 0. The maximum absolute atomic E-state index is 6.28. The van der Waals surface area contributed by atoms with Crippen LogP contribution in [0.2, 0.25) is 10.0 Å². The number of halogens is 3. The summed E-state index contributed by atoms with van der Waals surface area (Å²) in [5, 5.41) is 15.8. The van der Waals surface area contributed by atoms with Gasteiger partial charge < -0.3 is 15.2 Å². The van der Waals surface area contributed by atoms with Crippen molar-refractivity contribution in [2.45, 2.75) is 39.9 Å². The number of aryl methyl sites for hydroxylation is 1. The molecule has 0 saturated carbocycles. The van der Waals surface area contributed by atoms with Gasteiger partial charge in [0.05, 0.1) is 6.04 Å². The molecule has 0 radical (unpaired) electrons. The van der Waals surface area contributed by atoms with Gasteiger partial charge in [-0.15, -0.1) is 34.2 Å². The van der Waals surface area contributed by atoms with Gasteiger partial charge in [-0.2, -0.15) is 0 Å². The van der Waals surface area contributed by atoms with Crippen LogP contribution in [0.25, 0.3) is 0 Å². The van der Waals surface area contributed by atoms with Gasteiger partial charge in [-0.3, -0.25) is 0 Å². The largest absolute Gasteiger partial charge is 0.357 e. The Morgan fingerprint density at radius 3 is 2.72 bits per heavy atom. The number of hydrogen-bond donors (Lipinski definition) is 2. The first-order chi connectivity index (χ1) is 11.5. The number of nitrogens with zero attached hydrogens (tertiary/aromatic N) is 4. The molecule has 2 N–H and O–H groups in total. The first-order valence-corrected chi connectivity index (χ1v) is 8.67. The molecule has 1 aromatic carbocycles. The molecule has 138 valence electrons. The van der Waals surface area contributed by atoms with Crippen molar-refractivity contribution in [1.82, 2.24) is 25.4 Å². The Bertz CT molecular complexity index is 704. The lowest BCUT2D eigenvalue weighted by atomic mass is 10.1. The van der Waals surface area contributed by atoms with Crippen molar-refractivity contribution in [3.63, 3.8) is 0 Å². The van der Waals surface area contributed by atoms with E-state index < -0.39 is 0 Å². The number of rotatable bonds is 6. The molecule has 2 rings (SSSR count). The van der Waals surface area contributed by atoms with Gasteiger partial charge in [0, 0.05) is 23.1 Å². The third kappa shape index (κ3) is 6.31. The molecule has 0 aliphatic carbocycles. The lowest BCUT2D eigenvalue weighted by Gasteiger charge is -2.19. The highest BCUT2D eigenvalue weighted by Crippen LogP contribution is 2.25. The van der Waals surface area contributed by atoms with Crippen LogP contribution in [0.3, 0.4) is 0 Å². The summed E-state index contributed by atoms with van der Waals surface area (Å²) in [5.41, 5.74) is 0.961. The van der Waals surface area contributed by atoms with Gasteiger partial charge in [-0.1, -0.05) is 29.3 Å². The second-order valence-electron chi connectivity index (χ2n) is 5.26. The monoisotopic (exact) mass is 496 g/mol. The smallest absolute Gasteiger partial charge is 0.192 e. The van der Waals surface area contributed by atoms with Crippen molar-refractivity contribution >= 4 is 53.1 Å². The Balaban J connectivity index is 0.00000312. The Kier molecular flexibility index (Phi) is 9.52. The second kappa shape index (κ2) is 10.8. The highest BCUT2D eigenvalue weighted by molar-refractivity contribution is 14.0. The van der Waals surface area contributed by atoms with Crippen molar-refractivity contribution in [3.05, 3.63) is 46.0 Å². The molecule has 25 heavy (non-hydrogen) atoms. The lowest BCUT2D eigenvalue weighted by molar-refractivity contribution is 0.671. The van der Waals surface area contributed by atoms with Crippen LogP contribution in [-0.4, -0.2) is 27.3 Å². The van der Waals surface area contributed by atoms with E-state index in [9.17, 15) is 0 Å². The van der Waals surface area contributed by atoms with Crippen LogP contribution in [0.4, 0.5) is 0 Å². The van der Waals surface area contributed by atoms with Crippen molar-refractivity contribution < 1.29 is 0 Å². The van der Waals surface area contributed by atoms with E-state index in [-0.39, 0.29) is 30.0 Å². The first-order valence-electron chi connectivity index (χ1n) is 7.91. The van der Waals surface area contributed by atoms with Gasteiger partial charge in [0.2, 0.25) is 0 Å². The molecule has 0 amide bonds. The Morgan fingerprint density at radius 1 is 1.32 bits per heavy atom. The quantitative estimate of drug-likeness (QED) is 0.360. The molecule has 0 fully saturated rings. The normalized spacial score (nSPS) is 12.4. The Labute approximate surface area is 175 Å². The number of guanidine groups is 1. The van der Waals surface area contributed by atoms with Crippen molar-refractivity contribution in [3.8, 4) is 0 Å². The van der Waals surface area contributed by atoms with E-state index in [1.165, 1.54) is 0 Å². The highest BCUT2D eigenvalue weighted by atomic mass is 127. The summed E-state index contributed by atoms with van der Waals surface area (Å²) < 4.78 is 1.96. The maximum Gasteiger partial charge on any atom is 0.192 e. The van der Waals surface area contributed by atoms with Crippen molar-refractivity contribution in [2.75, 3.05) is 6.54 Å². The molecular formula is C16H23Cl2IN6. The van der Waals surface area contributed by atoms with Crippen LogP contribution >= 0.6 is 47.2 Å². The second-order valence-corrected chi connectivity index (χ2v) is 6.10. The molecule has 0 spiro atoms. The average molecular weight is 497 g/mol. The zero-order valence-corrected chi connectivity index (χ0v) is 18.3. The van der Waals surface area contributed by atoms with Crippen LogP contribution in [-0.2, 0) is 13.1 Å². The standard InChI is InChI=1S/C16H22Cl2N6.HI/c1-4-19-16(20-9-15-23-21-10-24(15)5-2)22-11(3)13-7-6-12(17)8-14(13)18;/h6-8,10-11H,4-5,9H2,1-3H3,(H2,19,20,22);1H. The van der Waals surface area contributed by atoms with Crippen molar-refractivity contribution in [2.24, 2.45) is 4.99 Å². The minimum atomic E-state index is -0.0170. The van der Waals surface area contributed by atoms with E-state index in [4.69, 9.17) is 23.2 Å². The fraction of sp³-hybridized carbons (Fsp3) is 0.438. The average Bonchev–Trinajstić information content (AvgIpc) is 3.00. The summed E-state index contributed by atoms with van der Waals surface area (Å²) in [6.45, 7) is 8.11. The Hall–Kier alpha value is -1.06. The molecule has 6 nitrogen and oxygen atoms in total. The molecule has 0 aliphatic rings. The van der Waals surface area contributed by atoms with Gasteiger partial charge in [0.15, 0.2) is 11.8 Å². The predicted octanol–water partition coefficient (Wildman–Crippen LogP) is 4.04. The first kappa shape index (κ1) is 22.0. The maximum atomic E-state index is 6.28. The van der Waals surface area contributed by atoms with Crippen LogP contribution in [0.15, 0.2) is 29.5 Å². The molecule has 0 aliphatic heterocycles. The molecule has 0 saturated heterocycles. The van der Waals surface area contributed by atoms with Gasteiger partial charge in [0.1, 0.15) is 12.9 Å². The van der Waals surface area contributed by atoms with Crippen LogP contribution in [0.1, 0.15) is 38.2 Å². The molecule has 1 unspecified atom stereocenters. The molecular weight excluding hydrogens is 474 g/mol. The van der Waals surface area contributed by atoms with Crippen LogP contribution < -0.4 is 10.6 Å². The highest BCUT2D eigenvalue weighted by Gasteiger charge is 2.12. The summed E-state index contributed by atoms with van der Waals surface area (Å²) in [4.78, 5) is 4.58.